The van der Waals surface area contributed by atoms with Gasteiger partial charge in [0.05, 0.1) is 4.92 Å². The summed E-state index contributed by atoms with van der Waals surface area (Å²) in [6.45, 7) is 0. The van der Waals surface area contributed by atoms with Crippen molar-refractivity contribution in [2.24, 2.45) is 4.40 Å². The summed E-state index contributed by atoms with van der Waals surface area (Å²) in [5, 5.41) is 11.4. The van der Waals surface area contributed by atoms with E-state index >= 15 is 0 Å². The van der Waals surface area contributed by atoms with Crippen molar-refractivity contribution in [3.63, 3.8) is 0 Å². The number of non-ortho nitro benzene ring substituents is 1. The lowest BCUT2D eigenvalue weighted by atomic mass is 10.2. The number of benzene rings is 1. The molecule has 0 radical (unpaired) electrons. The molecule has 1 aromatic rings. The van der Waals surface area contributed by atoms with E-state index in [-0.39, 0.29) is 5.69 Å². The van der Waals surface area contributed by atoms with Gasteiger partial charge in [-0.3, -0.25) is 10.1 Å². The third-order valence-electron chi connectivity index (χ3n) is 1.95. The highest BCUT2D eigenvalue weighted by Crippen LogP contribution is 2.42. The molecule has 0 saturated carbocycles. The lowest BCUT2D eigenvalue weighted by molar-refractivity contribution is -0.384. The van der Waals surface area contributed by atoms with Gasteiger partial charge in [0.15, 0.2) is 0 Å². The van der Waals surface area contributed by atoms with Gasteiger partial charge in [0.1, 0.15) is 8.96 Å². The summed E-state index contributed by atoms with van der Waals surface area (Å²) in [7, 11) is 0. The largest absolute Gasteiger partial charge is 0.269 e. The molecular formula is C9H8N2O2S3. The molecule has 0 aliphatic carbocycles. The molecule has 0 saturated heterocycles. The zero-order chi connectivity index (χ0) is 11.5. The van der Waals surface area contributed by atoms with E-state index in [4.69, 9.17) is 0 Å². The third-order valence-corrected chi connectivity index (χ3v) is 5.90. The minimum absolute atomic E-state index is 0.112. The highest BCUT2D eigenvalue weighted by Gasteiger charge is 2.21. The number of nitro groups is 1. The summed E-state index contributed by atoms with van der Waals surface area (Å²) in [6, 6.07) is 6.51. The van der Waals surface area contributed by atoms with E-state index in [0.717, 1.165) is 10.6 Å². The number of hydrogen-bond acceptors (Lipinski definition) is 6. The molecule has 0 aromatic heterocycles. The van der Waals surface area contributed by atoms with Crippen LogP contribution in [-0.2, 0) is 0 Å². The smallest absolute Gasteiger partial charge is 0.258 e. The highest BCUT2D eigenvalue weighted by atomic mass is 32.3. The molecule has 1 unspecified atom stereocenters. The van der Waals surface area contributed by atoms with Gasteiger partial charge in [-0.2, -0.15) is 0 Å². The Hall–Kier alpha value is -0.660. The second-order valence-electron chi connectivity index (χ2n) is 2.95. The van der Waals surface area contributed by atoms with Gasteiger partial charge in [-0.25, -0.2) is 4.40 Å². The Morgan fingerprint density at radius 3 is 2.62 bits per heavy atom. The summed E-state index contributed by atoms with van der Waals surface area (Å²) in [5.74, 6) is 0. The Morgan fingerprint density at radius 2 is 2.12 bits per heavy atom. The molecule has 0 amide bonds. The van der Waals surface area contributed by atoms with E-state index in [1.54, 1.807) is 35.7 Å². The van der Waals surface area contributed by atoms with Crippen LogP contribution in [0.15, 0.2) is 28.7 Å². The molecule has 84 valence electrons. The van der Waals surface area contributed by atoms with Gasteiger partial charge in [-0.05, 0) is 18.4 Å². The molecule has 0 fully saturated rings. The molecule has 1 atom stereocenters. The molecular weight excluding hydrogens is 264 g/mol. The zero-order valence-corrected chi connectivity index (χ0v) is 10.8. The van der Waals surface area contributed by atoms with Crippen molar-refractivity contribution in [2.45, 2.75) is 3.91 Å². The maximum absolute atomic E-state index is 10.5. The number of hydrogen-bond donors (Lipinski definition) is 0. The Balaban J connectivity index is 2.14. The number of nitro benzene ring substituents is 1. The van der Waals surface area contributed by atoms with E-state index in [9.17, 15) is 10.1 Å². The molecule has 0 spiro atoms. The molecule has 1 heterocycles. The molecule has 4 nitrogen and oxygen atoms in total. The molecule has 0 N–H and O–H groups in total. The molecule has 1 aromatic carbocycles. The second-order valence-corrected chi connectivity index (χ2v) is 6.74. The van der Waals surface area contributed by atoms with Crippen LogP contribution < -0.4 is 0 Å². The first-order valence-corrected chi connectivity index (χ1v) is 7.39. The van der Waals surface area contributed by atoms with Crippen molar-refractivity contribution in [3.8, 4) is 0 Å². The van der Waals surface area contributed by atoms with Crippen molar-refractivity contribution in [1.82, 2.24) is 0 Å². The van der Waals surface area contributed by atoms with Gasteiger partial charge in [0.2, 0.25) is 0 Å². The fraction of sp³-hybridized carbons (Fsp3) is 0.222. The Bertz CT molecular complexity index is 433. The zero-order valence-electron chi connectivity index (χ0n) is 8.32. The van der Waals surface area contributed by atoms with Crippen LogP contribution in [0.2, 0.25) is 0 Å². The summed E-state index contributed by atoms with van der Waals surface area (Å²) >= 11 is 4.96. The molecule has 16 heavy (non-hydrogen) atoms. The molecule has 1 aliphatic rings. The monoisotopic (exact) mass is 272 g/mol. The van der Waals surface area contributed by atoms with Gasteiger partial charge in [0.25, 0.3) is 5.69 Å². The maximum atomic E-state index is 10.5. The topological polar surface area (TPSA) is 55.5 Å². The number of nitrogens with zero attached hydrogens (tertiary/aromatic N) is 2. The third kappa shape index (κ3) is 2.53. The van der Waals surface area contributed by atoms with Crippen molar-refractivity contribution < 1.29 is 4.92 Å². The predicted molar refractivity (Wildman–Crippen MR) is 72.1 cm³/mol. The van der Waals surface area contributed by atoms with E-state index in [2.05, 4.69) is 4.40 Å². The van der Waals surface area contributed by atoms with Crippen LogP contribution in [0.25, 0.3) is 0 Å². The van der Waals surface area contributed by atoms with E-state index in [0.29, 0.717) is 3.91 Å². The predicted octanol–water partition coefficient (Wildman–Crippen LogP) is 3.38. The summed E-state index contributed by atoms with van der Waals surface area (Å²) in [4.78, 5) is 10.1. The van der Waals surface area contributed by atoms with Crippen molar-refractivity contribution in [1.29, 1.82) is 0 Å². The van der Waals surface area contributed by atoms with Crippen molar-refractivity contribution in [3.05, 3.63) is 39.9 Å². The minimum atomic E-state index is -0.396. The fourth-order valence-corrected chi connectivity index (χ4v) is 3.91. The molecule has 7 heteroatoms. The normalized spacial score (nSPS) is 19.6. The van der Waals surface area contributed by atoms with Gasteiger partial charge in [-0.15, -0.1) is 11.8 Å². The van der Waals surface area contributed by atoms with Gasteiger partial charge >= 0.3 is 0 Å². The maximum Gasteiger partial charge on any atom is 0.269 e. The van der Waals surface area contributed by atoms with E-state index in [1.807, 2.05) is 6.26 Å². The lowest BCUT2D eigenvalue weighted by Gasteiger charge is -2.02. The first kappa shape index (κ1) is 11.8. The Labute approximate surface area is 106 Å². The van der Waals surface area contributed by atoms with Crippen molar-refractivity contribution >= 4 is 46.2 Å². The summed E-state index contributed by atoms with van der Waals surface area (Å²) in [6.07, 6.45) is 2.04. The lowest BCUT2D eigenvalue weighted by Crippen LogP contribution is -1.94. The van der Waals surface area contributed by atoms with Crippen LogP contribution in [0.5, 0.6) is 0 Å². The fourth-order valence-electron chi connectivity index (χ4n) is 1.16. The van der Waals surface area contributed by atoms with Crippen LogP contribution >= 0.6 is 35.5 Å². The molecule has 0 bridgehead atoms. The highest BCUT2D eigenvalue weighted by molar-refractivity contribution is 8.39. The van der Waals surface area contributed by atoms with Crippen LogP contribution in [0.4, 0.5) is 5.69 Å². The van der Waals surface area contributed by atoms with Gasteiger partial charge < -0.3 is 0 Å². The quantitative estimate of drug-likeness (QED) is 0.479. The molecule has 1 aliphatic heterocycles. The van der Waals surface area contributed by atoms with Crippen molar-refractivity contribution in [2.75, 3.05) is 6.26 Å². The van der Waals surface area contributed by atoms with Crippen LogP contribution in [0.1, 0.15) is 5.56 Å². The van der Waals surface area contributed by atoms with Gasteiger partial charge in [-0.1, -0.05) is 11.8 Å². The van der Waals surface area contributed by atoms with Crippen LogP contribution in [-0.4, -0.2) is 20.1 Å². The standard InChI is InChI=1S/C9H8N2O2S3/c1-14-9-15-8(10-16-9)6-2-4-7(5-3-6)11(12)13/h2-5,9H,1H3. The Morgan fingerprint density at radius 1 is 1.44 bits per heavy atom. The Kier molecular flexibility index (Phi) is 3.78. The SMILES string of the molecule is CSC1SN=C(c2ccc([N+](=O)[O-])cc2)S1. The van der Waals surface area contributed by atoms with E-state index in [1.165, 1.54) is 24.1 Å². The number of thioether (sulfide) groups is 2. The average Bonchev–Trinajstić information content (AvgIpc) is 2.77. The number of rotatable bonds is 3. The van der Waals surface area contributed by atoms with Crippen LogP contribution in [0, 0.1) is 10.1 Å². The van der Waals surface area contributed by atoms with Gasteiger partial charge in [0, 0.05) is 29.6 Å². The minimum Gasteiger partial charge on any atom is -0.258 e. The van der Waals surface area contributed by atoms with E-state index < -0.39 is 4.92 Å². The average molecular weight is 272 g/mol. The summed E-state index contributed by atoms with van der Waals surface area (Å²) in [5.41, 5.74) is 1.06. The first-order valence-electron chi connectivity index (χ1n) is 4.39. The summed E-state index contributed by atoms with van der Waals surface area (Å²) < 4.78 is 4.73. The first-order chi connectivity index (χ1) is 7.70. The molecule has 2 rings (SSSR count). The van der Waals surface area contributed by atoms with Crippen LogP contribution in [0.3, 0.4) is 0 Å². The second kappa shape index (κ2) is 5.11.